The smallest absolute Gasteiger partial charge is 0.305 e. The van der Waals surface area contributed by atoms with Crippen molar-refractivity contribution in [2.45, 2.75) is 12.5 Å². The van der Waals surface area contributed by atoms with Gasteiger partial charge in [-0.05, 0) is 29.8 Å². The van der Waals surface area contributed by atoms with Crippen LogP contribution < -0.4 is 5.32 Å². The van der Waals surface area contributed by atoms with Crippen molar-refractivity contribution in [3.8, 4) is 17.3 Å². The van der Waals surface area contributed by atoms with Gasteiger partial charge in [-0.1, -0.05) is 30.3 Å². The summed E-state index contributed by atoms with van der Waals surface area (Å²) in [5.41, 5.74) is 2.06. The normalized spacial score (nSPS) is 11.7. The number of hydrogen-bond donors (Lipinski definition) is 3. The van der Waals surface area contributed by atoms with E-state index in [1.54, 1.807) is 55.1 Å². The first kappa shape index (κ1) is 19.9. The number of para-hydroxylation sites is 1. The second-order valence-electron chi connectivity index (χ2n) is 6.82. The minimum absolute atomic E-state index is 0.0215. The monoisotopic (exact) mass is 417 g/mol. The maximum atomic E-state index is 12.8. The van der Waals surface area contributed by atoms with Crippen LogP contribution in [0, 0.1) is 0 Å². The van der Waals surface area contributed by atoms with Crippen LogP contribution in [-0.4, -0.2) is 41.4 Å². The molecule has 0 aliphatic carbocycles. The number of benzene rings is 2. The Morgan fingerprint density at radius 1 is 1.03 bits per heavy atom. The number of carboxylic acids is 1. The molecule has 0 aliphatic rings. The fourth-order valence-electron chi connectivity index (χ4n) is 3.19. The van der Waals surface area contributed by atoms with Crippen LogP contribution >= 0.6 is 0 Å². The molecule has 1 amide bonds. The van der Waals surface area contributed by atoms with Gasteiger partial charge in [-0.3, -0.25) is 9.59 Å². The minimum atomic E-state index is -1.05. The third-order valence-corrected chi connectivity index (χ3v) is 4.71. The number of carboxylic acid groups (broad SMARTS) is 1. The molecule has 31 heavy (non-hydrogen) atoms. The summed E-state index contributed by atoms with van der Waals surface area (Å²) in [6.45, 7) is 0. The van der Waals surface area contributed by atoms with Gasteiger partial charge in [0.05, 0.1) is 24.5 Å². The zero-order valence-electron chi connectivity index (χ0n) is 16.3. The summed E-state index contributed by atoms with van der Waals surface area (Å²) in [5, 5.41) is 26.3. The molecule has 0 radical (unpaired) electrons. The van der Waals surface area contributed by atoms with Gasteiger partial charge in [0.25, 0.3) is 5.91 Å². The molecular weight excluding hydrogens is 398 g/mol. The third-order valence-electron chi connectivity index (χ3n) is 4.71. The number of nitrogens with one attached hydrogen (secondary N) is 1. The zero-order chi connectivity index (χ0) is 21.8. The molecule has 2 aromatic heterocycles. The summed E-state index contributed by atoms with van der Waals surface area (Å²) in [6, 6.07) is 16.5. The highest BCUT2D eigenvalue weighted by atomic mass is 16.4. The van der Waals surface area contributed by atoms with Crippen molar-refractivity contribution in [1.29, 1.82) is 0 Å². The Kier molecular flexibility index (Phi) is 5.48. The molecule has 0 bridgehead atoms. The van der Waals surface area contributed by atoms with Crippen LogP contribution in [0.15, 0.2) is 79.4 Å². The first-order chi connectivity index (χ1) is 15.0. The zero-order valence-corrected chi connectivity index (χ0v) is 16.3. The number of imidazole rings is 1. The van der Waals surface area contributed by atoms with Crippen LogP contribution in [0.2, 0.25) is 0 Å². The lowest BCUT2D eigenvalue weighted by Crippen LogP contribution is -2.30. The number of hydrogen-bond acceptors (Lipinski definition) is 5. The van der Waals surface area contributed by atoms with Crippen LogP contribution in [-0.2, 0) is 4.79 Å². The van der Waals surface area contributed by atoms with Crippen molar-refractivity contribution in [3.63, 3.8) is 0 Å². The highest BCUT2D eigenvalue weighted by molar-refractivity contribution is 5.93. The summed E-state index contributed by atoms with van der Waals surface area (Å²) in [6.07, 6.45) is 4.80. The second kappa shape index (κ2) is 8.54. The highest BCUT2D eigenvalue weighted by Gasteiger charge is 2.22. The Balaban J connectivity index is 1.55. The van der Waals surface area contributed by atoms with E-state index >= 15 is 0 Å². The maximum Gasteiger partial charge on any atom is 0.305 e. The number of carbonyl (C=O) groups is 2. The lowest BCUT2D eigenvalue weighted by Gasteiger charge is -2.17. The molecule has 1 atom stereocenters. The van der Waals surface area contributed by atoms with E-state index in [4.69, 9.17) is 0 Å². The van der Waals surface area contributed by atoms with Gasteiger partial charge >= 0.3 is 5.97 Å². The Hall–Kier alpha value is -4.40. The highest BCUT2D eigenvalue weighted by Crippen LogP contribution is 2.22. The van der Waals surface area contributed by atoms with Crippen molar-refractivity contribution in [3.05, 3.63) is 90.6 Å². The van der Waals surface area contributed by atoms with E-state index < -0.39 is 17.9 Å². The molecule has 9 heteroatoms. The number of nitrogens with zero attached hydrogens (tertiary/aromatic N) is 4. The van der Waals surface area contributed by atoms with Crippen molar-refractivity contribution in [2.75, 3.05) is 0 Å². The molecule has 1 unspecified atom stereocenters. The van der Waals surface area contributed by atoms with Crippen molar-refractivity contribution < 1.29 is 19.8 Å². The number of aromatic hydroxyl groups is 1. The molecule has 156 valence electrons. The Morgan fingerprint density at radius 2 is 1.77 bits per heavy atom. The number of aromatic nitrogens is 4. The maximum absolute atomic E-state index is 12.8. The minimum Gasteiger partial charge on any atom is -0.493 e. The van der Waals surface area contributed by atoms with Gasteiger partial charge in [0.1, 0.15) is 0 Å². The topological polar surface area (TPSA) is 122 Å². The van der Waals surface area contributed by atoms with Crippen molar-refractivity contribution in [1.82, 2.24) is 24.6 Å². The lowest BCUT2D eigenvalue weighted by atomic mass is 10.0. The molecule has 2 aromatic carbocycles. The molecular formula is C22H19N5O4. The molecule has 0 saturated heterocycles. The number of rotatable bonds is 7. The third kappa shape index (κ3) is 4.45. The van der Waals surface area contributed by atoms with Crippen LogP contribution in [0.5, 0.6) is 5.88 Å². The summed E-state index contributed by atoms with van der Waals surface area (Å²) in [7, 11) is 0. The number of carbonyl (C=O) groups excluding carboxylic acids is 1. The Morgan fingerprint density at radius 3 is 2.42 bits per heavy atom. The van der Waals surface area contributed by atoms with Gasteiger partial charge in [0.15, 0.2) is 5.69 Å². The van der Waals surface area contributed by atoms with E-state index in [2.05, 4.69) is 15.4 Å². The van der Waals surface area contributed by atoms with Gasteiger partial charge in [0.2, 0.25) is 5.88 Å². The standard InChI is InChI=1S/C22H19N5O4/c28-20-12-19(25-27(20)17-4-2-1-3-5-17)22(31)24-18(13-21(29)30)15-6-8-16(9-7-15)26-11-10-23-14-26/h1-12,14,18,28H,13H2,(H,24,31)(H,29,30). The van der Waals surface area contributed by atoms with Crippen LogP contribution in [0.25, 0.3) is 11.4 Å². The molecule has 4 rings (SSSR count). The summed E-state index contributed by atoms with van der Waals surface area (Å²) in [5.74, 6) is -1.84. The van der Waals surface area contributed by atoms with E-state index in [0.717, 1.165) is 5.69 Å². The van der Waals surface area contributed by atoms with Crippen LogP contribution in [0.4, 0.5) is 0 Å². The van der Waals surface area contributed by atoms with Crippen LogP contribution in [0.1, 0.15) is 28.5 Å². The van der Waals surface area contributed by atoms with Gasteiger partial charge < -0.3 is 20.1 Å². The first-order valence-corrected chi connectivity index (χ1v) is 9.46. The first-order valence-electron chi connectivity index (χ1n) is 9.46. The fraction of sp³-hybridized carbons (Fsp3) is 0.0909. The number of amides is 1. The van der Waals surface area contributed by atoms with Gasteiger partial charge in [-0.2, -0.15) is 5.10 Å². The summed E-state index contributed by atoms with van der Waals surface area (Å²) < 4.78 is 3.05. The summed E-state index contributed by atoms with van der Waals surface area (Å²) in [4.78, 5) is 28.1. The Labute approximate surface area is 177 Å². The predicted octanol–water partition coefficient (Wildman–Crippen LogP) is 2.71. The van der Waals surface area contributed by atoms with Crippen molar-refractivity contribution >= 4 is 11.9 Å². The largest absolute Gasteiger partial charge is 0.493 e. The van der Waals surface area contributed by atoms with E-state index in [1.165, 1.54) is 10.7 Å². The van der Waals surface area contributed by atoms with E-state index in [0.29, 0.717) is 11.3 Å². The molecule has 0 saturated carbocycles. The SMILES string of the molecule is O=C(O)CC(NC(=O)c1cc(O)n(-c2ccccc2)n1)c1ccc(-n2ccnc2)cc1. The predicted molar refractivity (Wildman–Crippen MR) is 111 cm³/mol. The molecule has 0 aliphatic heterocycles. The van der Waals surface area contributed by atoms with Crippen LogP contribution in [0.3, 0.4) is 0 Å². The average Bonchev–Trinajstić information content (AvgIpc) is 3.44. The molecule has 9 nitrogen and oxygen atoms in total. The van der Waals surface area contributed by atoms with Gasteiger partial charge in [-0.25, -0.2) is 9.67 Å². The van der Waals surface area contributed by atoms with Gasteiger partial charge in [-0.15, -0.1) is 0 Å². The molecule has 3 N–H and O–H groups in total. The molecule has 0 spiro atoms. The molecule has 2 heterocycles. The summed E-state index contributed by atoms with van der Waals surface area (Å²) >= 11 is 0. The second-order valence-corrected chi connectivity index (χ2v) is 6.82. The molecule has 4 aromatic rings. The number of aliphatic carboxylic acids is 1. The Bertz CT molecular complexity index is 1180. The van der Waals surface area contributed by atoms with E-state index in [-0.39, 0.29) is 18.0 Å². The average molecular weight is 417 g/mol. The molecule has 0 fully saturated rings. The quantitative estimate of drug-likeness (QED) is 0.425. The lowest BCUT2D eigenvalue weighted by molar-refractivity contribution is -0.137. The van der Waals surface area contributed by atoms with E-state index in [1.807, 2.05) is 22.8 Å². The van der Waals surface area contributed by atoms with E-state index in [9.17, 15) is 19.8 Å². The van der Waals surface area contributed by atoms with Gasteiger partial charge in [0, 0.05) is 24.1 Å². The van der Waals surface area contributed by atoms with Crippen molar-refractivity contribution in [2.24, 2.45) is 0 Å². The fourth-order valence-corrected chi connectivity index (χ4v) is 3.19.